The fourth-order valence-corrected chi connectivity index (χ4v) is 5.28. The summed E-state index contributed by atoms with van der Waals surface area (Å²) in [6.45, 7) is 1.41. The predicted molar refractivity (Wildman–Crippen MR) is 156 cm³/mol. The van der Waals surface area contributed by atoms with Crippen molar-refractivity contribution in [2.45, 2.75) is 16.3 Å². The summed E-state index contributed by atoms with van der Waals surface area (Å²) < 4.78 is 0. The number of aliphatic hydroxyl groups excluding tert-OH is 1. The molecule has 0 aliphatic rings. The lowest BCUT2D eigenvalue weighted by atomic mass is 10.0. The second-order valence-electron chi connectivity index (χ2n) is 8.67. The van der Waals surface area contributed by atoms with Crippen molar-refractivity contribution >= 4 is 45.6 Å². The molecule has 0 aliphatic carbocycles. The zero-order valence-electron chi connectivity index (χ0n) is 20.5. The number of nitriles is 1. The van der Waals surface area contributed by atoms with Gasteiger partial charge >= 0.3 is 0 Å². The Balaban J connectivity index is 1.40. The molecular weight excluding hydrogens is 512 g/mol. The van der Waals surface area contributed by atoms with E-state index in [1.165, 1.54) is 0 Å². The van der Waals surface area contributed by atoms with Crippen molar-refractivity contribution < 1.29 is 5.11 Å². The summed E-state index contributed by atoms with van der Waals surface area (Å²) in [6.07, 6.45) is 1.60. The Kier molecular flexibility index (Phi) is 8.22. The van der Waals surface area contributed by atoms with Crippen LogP contribution in [0.1, 0.15) is 11.1 Å². The normalized spacial score (nSPS) is 10.9. The highest BCUT2D eigenvalue weighted by molar-refractivity contribution is 7.99. The molecular formula is C31H25ClN4OS. The third-order valence-electron chi connectivity index (χ3n) is 6.07. The van der Waals surface area contributed by atoms with Gasteiger partial charge in [-0.05, 0) is 53.1 Å². The Morgan fingerprint density at radius 3 is 2.45 bits per heavy atom. The molecule has 7 heteroatoms. The Bertz CT molecular complexity index is 1600. The van der Waals surface area contributed by atoms with Crippen molar-refractivity contribution in [3.8, 4) is 17.2 Å². The topological polar surface area (TPSA) is 81.0 Å². The van der Waals surface area contributed by atoms with Crippen LogP contribution in [0.3, 0.4) is 0 Å². The molecule has 38 heavy (non-hydrogen) atoms. The summed E-state index contributed by atoms with van der Waals surface area (Å²) in [5.41, 5.74) is 6.03. The third kappa shape index (κ3) is 5.99. The van der Waals surface area contributed by atoms with Crippen LogP contribution in [0.25, 0.3) is 22.0 Å². The number of benzene rings is 4. The molecule has 0 aliphatic heterocycles. The van der Waals surface area contributed by atoms with Crippen LogP contribution in [0, 0.1) is 11.3 Å². The van der Waals surface area contributed by atoms with E-state index in [4.69, 9.17) is 16.7 Å². The summed E-state index contributed by atoms with van der Waals surface area (Å²) in [4.78, 5) is 6.64. The maximum Gasteiger partial charge on any atom is 0.103 e. The van der Waals surface area contributed by atoms with E-state index in [2.05, 4.69) is 58.1 Å². The average Bonchev–Trinajstić information content (AvgIpc) is 2.95. The Hall–Kier alpha value is -3.86. The maximum absolute atomic E-state index is 9.78. The van der Waals surface area contributed by atoms with Crippen LogP contribution in [0.2, 0.25) is 5.02 Å². The number of hydrogen-bond acceptors (Lipinski definition) is 6. The average molecular weight is 537 g/mol. The SMILES string of the molecule is N#Cc1cnc2cc(-c3ccc(CNCCO)cc3)ccc2c1Nc1ccc(Sc2ccccc2)c(Cl)c1. The van der Waals surface area contributed by atoms with Gasteiger partial charge in [0.1, 0.15) is 6.07 Å². The van der Waals surface area contributed by atoms with Gasteiger partial charge in [-0.2, -0.15) is 5.26 Å². The molecule has 0 fully saturated rings. The van der Waals surface area contributed by atoms with E-state index in [0.29, 0.717) is 29.4 Å². The lowest BCUT2D eigenvalue weighted by Gasteiger charge is -2.14. The lowest BCUT2D eigenvalue weighted by molar-refractivity contribution is 0.292. The van der Waals surface area contributed by atoms with Crippen LogP contribution in [0.4, 0.5) is 11.4 Å². The Labute approximate surface area is 231 Å². The predicted octanol–water partition coefficient (Wildman–Crippen LogP) is 7.40. The van der Waals surface area contributed by atoms with E-state index in [-0.39, 0.29) is 6.61 Å². The second kappa shape index (κ2) is 12.1. The molecule has 0 saturated heterocycles. The van der Waals surface area contributed by atoms with Crippen molar-refractivity contribution in [3.05, 3.63) is 113 Å². The molecule has 1 heterocycles. The first-order valence-electron chi connectivity index (χ1n) is 12.2. The molecule has 0 spiro atoms. The van der Waals surface area contributed by atoms with Crippen LogP contribution in [-0.4, -0.2) is 23.2 Å². The number of nitrogens with zero attached hydrogens (tertiary/aromatic N) is 2. The number of pyridine rings is 1. The van der Waals surface area contributed by atoms with E-state index >= 15 is 0 Å². The number of aromatic nitrogens is 1. The van der Waals surface area contributed by atoms with Gasteiger partial charge in [-0.25, -0.2) is 0 Å². The number of rotatable bonds is 9. The molecule has 0 saturated carbocycles. The summed E-state index contributed by atoms with van der Waals surface area (Å²) in [5.74, 6) is 0. The number of halogens is 1. The van der Waals surface area contributed by atoms with Gasteiger partial charge in [-0.1, -0.05) is 78.0 Å². The molecule has 1 aromatic heterocycles. The summed E-state index contributed by atoms with van der Waals surface area (Å²) in [7, 11) is 0. The van der Waals surface area contributed by atoms with E-state index in [0.717, 1.165) is 43.1 Å². The highest BCUT2D eigenvalue weighted by atomic mass is 35.5. The minimum absolute atomic E-state index is 0.123. The van der Waals surface area contributed by atoms with Crippen LogP contribution in [-0.2, 0) is 6.54 Å². The molecule has 5 nitrogen and oxygen atoms in total. The number of nitrogens with one attached hydrogen (secondary N) is 2. The molecule has 5 rings (SSSR count). The summed E-state index contributed by atoms with van der Waals surface area (Å²) >= 11 is 8.23. The standard InChI is InChI=1S/C31H25ClN4OS/c32-28-17-25(11-13-30(28)38-26-4-2-1-3-5-26)36-31-24(18-33)20-35-29-16-23(10-12-27(29)31)22-8-6-21(7-9-22)19-34-14-15-37/h1-13,16-17,20,34,37H,14-15,19H2,(H,35,36). The zero-order valence-corrected chi connectivity index (χ0v) is 22.1. The highest BCUT2D eigenvalue weighted by Gasteiger charge is 2.12. The first-order valence-corrected chi connectivity index (χ1v) is 13.4. The number of aliphatic hydroxyl groups is 1. The van der Waals surface area contributed by atoms with Crippen molar-refractivity contribution in [1.82, 2.24) is 10.3 Å². The van der Waals surface area contributed by atoms with Crippen molar-refractivity contribution in [2.24, 2.45) is 0 Å². The smallest absolute Gasteiger partial charge is 0.103 e. The lowest BCUT2D eigenvalue weighted by Crippen LogP contribution is -2.17. The van der Waals surface area contributed by atoms with E-state index in [1.54, 1.807) is 18.0 Å². The molecule has 188 valence electrons. The van der Waals surface area contributed by atoms with Gasteiger partial charge in [0.15, 0.2) is 0 Å². The van der Waals surface area contributed by atoms with Crippen molar-refractivity contribution in [1.29, 1.82) is 5.26 Å². The van der Waals surface area contributed by atoms with E-state index in [1.807, 2.05) is 54.6 Å². The fourth-order valence-electron chi connectivity index (χ4n) is 4.14. The van der Waals surface area contributed by atoms with E-state index < -0.39 is 0 Å². The van der Waals surface area contributed by atoms with E-state index in [9.17, 15) is 5.26 Å². The molecule has 0 radical (unpaired) electrons. The third-order valence-corrected chi connectivity index (χ3v) is 7.58. The van der Waals surface area contributed by atoms with Crippen LogP contribution in [0.15, 0.2) is 107 Å². The molecule has 0 amide bonds. The minimum Gasteiger partial charge on any atom is -0.395 e. The van der Waals surface area contributed by atoms with Crippen LogP contribution >= 0.6 is 23.4 Å². The van der Waals surface area contributed by atoms with Gasteiger partial charge in [0, 0.05) is 40.2 Å². The quantitative estimate of drug-likeness (QED) is 0.170. The van der Waals surface area contributed by atoms with Crippen LogP contribution in [0.5, 0.6) is 0 Å². The largest absolute Gasteiger partial charge is 0.395 e. The van der Waals surface area contributed by atoms with Gasteiger partial charge in [-0.3, -0.25) is 4.98 Å². The minimum atomic E-state index is 0.123. The zero-order chi connectivity index (χ0) is 26.3. The molecule has 5 aromatic rings. The first kappa shape index (κ1) is 25.8. The highest BCUT2D eigenvalue weighted by Crippen LogP contribution is 2.37. The number of anilines is 2. The Morgan fingerprint density at radius 1 is 0.921 bits per heavy atom. The maximum atomic E-state index is 9.78. The molecule has 0 bridgehead atoms. The van der Waals surface area contributed by atoms with Gasteiger partial charge in [0.05, 0.1) is 28.4 Å². The fraction of sp³-hybridized carbons (Fsp3) is 0.0968. The molecule has 0 unspecified atom stereocenters. The monoisotopic (exact) mass is 536 g/mol. The second-order valence-corrected chi connectivity index (χ2v) is 10.2. The number of hydrogen-bond donors (Lipinski definition) is 3. The van der Waals surface area contributed by atoms with Gasteiger partial charge in [-0.15, -0.1) is 0 Å². The number of fused-ring (bicyclic) bond motifs is 1. The van der Waals surface area contributed by atoms with Gasteiger partial charge in [0.2, 0.25) is 0 Å². The molecule has 3 N–H and O–H groups in total. The van der Waals surface area contributed by atoms with Gasteiger partial charge in [0.25, 0.3) is 0 Å². The van der Waals surface area contributed by atoms with Crippen molar-refractivity contribution in [2.75, 3.05) is 18.5 Å². The molecule has 0 atom stereocenters. The first-order chi connectivity index (χ1) is 18.6. The molecule has 4 aromatic carbocycles. The summed E-state index contributed by atoms with van der Waals surface area (Å²) in [5, 5.41) is 26.8. The van der Waals surface area contributed by atoms with Crippen LogP contribution < -0.4 is 10.6 Å². The van der Waals surface area contributed by atoms with Gasteiger partial charge < -0.3 is 15.7 Å². The summed E-state index contributed by atoms with van der Waals surface area (Å²) in [6, 6.07) is 32.6. The Morgan fingerprint density at radius 2 is 1.71 bits per heavy atom. The van der Waals surface area contributed by atoms with Crippen molar-refractivity contribution in [3.63, 3.8) is 0 Å².